The van der Waals surface area contributed by atoms with Crippen LogP contribution in [0.3, 0.4) is 0 Å². The SMILES string of the molecule is O=C(c1cc(Br)c(Br)s1)C1CCCS1. The Balaban J connectivity index is 2.18. The Labute approximate surface area is 108 Å². The van der Waals surface area contributed by atoms with E-state index < -0.39 is 0 Å². The zero-order chi connectivity index (χ0) is 10.1. The normalized spacial score (nSPS) is 21.4. The van der Waals surface area contributed by atoms with Gasteiger partial charge in [-0.25, -0.2) is 0 Å². The largest absolute Gasteiger partial charge is 0.292 e. The molecule has 5 heteroatoms. The first-order valence-corrected chi connectivity index (χ1v) is 7.74. The van der Waals surface area contributed by atoms with Crippen molar-refractivity contribution in [1.82, 2.24) is 0 Å². The molecule has 0 spiro atoms. The zero-order valence-corrected chi connectivity index (χ0v) is 12.1. The van der Waals surface area contributed by atoms with Gasteiger partial charge in [0.25, 0.3) is 0 Å². The molecule has 1 atom stereocenters. The molecule has 0 aliphatic carbocycles. The van der Waals surface area contributed by atoms with Gasteiger partial charge in [-0.05, 0) is 56.5 Å². The number of halogens is 2. The van der Waals surface area contributed by atoms with Gasteiger partial charge in [0.15, 0.2) is 5.78 Å². The molecule has 0 bridgehead atoms. The molecular weight excluding hydrogens is 348 g/mol. The molecule has 1 aliphatic rings. The maximum atomic E-state index is 12.0. The highest BCUT2D eigenvalue weighted by Crippen LogP contribution is 2.36. The molecule has 0 saturated carbocycles. The van der Waals surface area contributed by atoms with Gasteiger partial charge in [0.05, 0.1) is 13.9 Å². The summed E-state index contributed by atoms with van der Waals surface area (Å²) in [5, 5.41) is 0.201. The second kappa shape index (κ2) is 4.68. The summed E-state index contributed by atoms with van der Waals surface area (Å²) in [6.45, 7) is 0. The van der Waals surface area contributed by atoms with Gasteiger partial charge in [0, 0.05) is 4.47 Å². The minimum atomic E-state index is 0.201. The maximum absolute atomic E-state index is 12.0. The minimum absolute atomic E-state index is 0.201. The van der Waals surface area contributed by atoms with Crippen molar-refractivity contribution in [3.05, 3.63) is 19.2 Å². The van der Waals surface area contributed by atoms with Gasteiger partial charge in [-0.2, -0.15) is 11.8 Å². The van der Waals surface area contributed by atoms with Crippen molar-refractivity contribution in [2.24, 2.45) is 0 Å². The fourth-order valence-corrected chi connectivity index (χ4v) is 4.75. The summed E-state index contributed by atoms with van der Waals surface area (Å²) in [5.41, 5.74) is 0. The van der Waals surface area contributed by atoms with Crippen LogP contribution >= 0.6 is 55.0 Å². The minimum Gasteiger partial charge on any atom is -0.292 e. The average Bonchev–Trinajstić information content (AvgIpc) is 2.76. The van der Waals surface area contributed by atoms with E-state index in [-0.39, 0.29) is 5.25 Å². The van der Waals surface area contributed by atoms with Gasteiger partial charge in [-0.15, -0.1) is 11.3 Å². The van der Waals surface area contributed by atoms with Crippen molar-refractivity contribution in [1.29, 1.82) is 0 Å². The van der Waals surface area contributed by atoms with E-state index in [1.165, 1.54) is 17.8 Å². The van der Waals surface area contributed by atoms with Crippen LogP contribution in [0, 0.1) is 0 Å². The van der Waals surface area contributed by atoms with E-state index in [1.807, 2.05) is 6.07 Å². The highest BCUT2D eigenvalue weighted by molar-refractivity contribution is 9.13. The van der Waals surface area contributed by atoms with E-state index in [2.05, 4.69) is 31.9 Å². The molecule has 1 aliphatic heterocycles. The Morgan fingerprint density at radius 3 is 2.79 bits per heavy atom. The van der Waals surface area contributed by atoms with Crippen molar-refractivity contribution < 1.29 is 4.79 Å². The van der Waals surface area contributed by atoms with E-state index in [1.54, 1.807) is 11.8 Å². The summed E-state index contributed by atoms with van der Waals surface area (Å²) >= 11 is 10.1. The Morgan fingerprint density at radius 1 is 1.50 bits per heavy atom. The lowest BCUT2D eigenvalue weighted by molar-refractivity contribution is 0.0992. The lowest BCUT2D eigenvalue weighted by Crippen LogP contribution is -2.12. The number of Topliss-reactive ketones (excluding diaryl/α,β-unsaturated/α-hetero) is 1. The molecule has 1 unspecified atom stereocenters. The summed E-state index contributed by atoms with van der Waals surface area (Å²) in [5.74, 6) is 1.42. The molecule has 0 aromatic carbocycles. The van der Waals surface area contributed by atoms with Crippen LogP contribution in [0.1, 0.15) is 22.5 Å². The molecule has 14 heavy (non-hydrogen) atoms. The van der Waals surface area contributed by atoms with E-state index in [4.69, 9.17) is 0 Å². The number of thiophene rings is 1. The zero-order valence-electron chi connectivity index (χ0n) is 7.26. The average molecular weight is 356 g/mol. The Hall–Kier alpha value is 0.680. The first-order valence-electron chi connectivity index (χ1n) is 4.29. The molecule has 0 N–H and O–H groups in total. The van der Waals surface area contributed by atoms with Crippen LogP contribution in [0.15, 0.2) is 14.3 Å². The molecular formula is C9H8Br2OS2. The number of hydrogen-bond donors (Lipinski definition) is 0. The highest BCUT2D eigenvalue weighted by atomic mass is 79.9. The van der Waals surface area contributed by atoms with Crippen molar-refractivity contribution in [2.45, 2.75) is 18.1 Å². The number of thioether (sulfide) groups is 1. The molecule has 0 radical (unpaired) electrons. The summed E-state index contributed by atoms with van der Waals surface area (Å²) in [4.78, 5) is 12.8. The number of carbonyl (C=O) groups excluding carboxylic acids is 1. The molecule has 1 fully saturated rings. The van der Waals surface area contributed by atoms with Gasteiger partial charge in [-0.3, -0.25) is 4.79 Å². The summed E-state index contributed by atoms with van der Waals surface area (Å²) in [6, 6.07) is 1.91. The first-order chi connectivity index (χ1) is 6.68. The van der Waals surface area contributed by atoms with Crippen LogP contribution in [0.5, 0.6) is 0 Å². The molecule has 1 nitrogen and oxygen atoms in total. The molecule has 1 aromatic heterocycles. The smallest absolute Gasteiger partial charge is 0.185 e. The molecule has 0 amide bonds. The summed E-state index contributed by atoms with van der Waals surface area (Å²) < 4.78 is 1.98. The van der Waals surface area contributed by atoms with E-state index >= 15 is 0 Å². The lowest BCUT2D eigenvalue weighted by Gasteiger charge is -2.03. The highest BCUT2D eigenvalue weighted by Gasteiger charge is 2.26. The van der Waals surface area contributed by atoms with E-state index in [9.17, 15) is 4.79 Å². The lowest BCUT2D eigenvalue weighted by atomic mass is 10.1. The predicted molar refractivity (Wildman–Crippen MR) is 69.5 cm³/mol. The first kappa shape index (κ1) is 11.2. The third-order valence-electron chi connectivity index (χ3n) is 2.11. The molecule has 1 aromatic rings. The van der Waals surface area contributed by atoms with Gasteiger partial charge in [-0.1, -0.05) is 0 Å². The number of ketones is 1. The van der Waals surface area contributed by atoms with Gasteiger partial charge in [0.2, 0.25) is 0 Å². The van der Waals surface area contributed by atoms with Crippen LogP contribution in [0.25, 0.3) is 0 Å². The topological polar surface area (TPSA) is 17.1 Å². The van der Waals surface area contributed by atoms with Crippen LogP contribution in [0.4, 0.5) is 0 Å². The Bertz CT molecular complexity index is 336. The third-order valence-corrected chi connectivity index (χ3v) is 6.76. The van der Waals surface area contributed by atoms with Crippen LogP contribution in [0.2, 0.25) is 0 Å². The van der Waals surface area contributed by atoms with Crippen molar-refractivity contribution in [2.75, 3.05) is 5.75 Å². The van der Waals surface area contributed by atoms with Crippen molar-refractivity contribution in [3.63, 3.8) is 0 Å². The number of carbonyl (C=O) groups is 1. The molecule has 2 heterocycles. The van der Waals surface area contributed by atoms with Crippen LogP contribution in [-0.2, 0) is 0 Å². The van der Waals surface area contributed by atoms with Crippen LogP contribution < -0.4 is 0 Å². The third kappa shape index (κ3) is 2.26. The maximum Gasteiger partial charge on any atom is 0.185 e. The van der Waals surface area contributed by atoms with Crippen molar-refractivity contribution in [3.8, 4) is 0 Å². The Kier molecular flexibility index (Phi) is 3.73. The van der Waals surface area contributed by atoms with Crippen molar-refractivity contribution >= 4 is 60.7 Å². The Morgan fingerprint density at radius 2 is 2.29 bits per heavy atom. The quantitative estimate of drug-likeness (QED) is 0.733. The standard InChI is InChI=1S/C9H8Br2OS2/c10-5-4-7(14-9(5)11)8(12)6-2-1-3-13-6/h4,6H,1-3H2. The second-order valence-electron chi connectivity index (χ2n) is 3.10. The molecule has 76 valence electrons. The number of rotatable bonds is 2. The molecule has 2 rings (SSSR count). The van der Waals surface area contributed by atoms with Gasteiger partial charge >= 0.3 is 0 Å². The second-order valence-corrected chi connectivity index (χ2v) is 7.63. The van der Waals surface area contributed by atoms with E-state index in [0.717, 1.165) is 25.3 Å². The summed E-state index contributed by atoms with van der Waals surface area (Å²) in [6.07, 6.45) is 2.21. The summed E-state index contributed by atoms with van der Waals surface area (Å²) in [7, 11) is 0. The number of hydrogen-bond acceptors (Lipinski definition) is 3. The van der Waals surface area contributed by atoms with Gasteiger partial charge < -0.3 is 0 Å². The fourth-order valence-electron chi connectivity index (χ4n) is 1.41. The van der Waals surface area contributed by atoms with Gasteiger partial charge in [0.1, 0.15) is 0 Å². The molecule has 1 saturated heterocycles. The van der Waals surface area contributed by atoms with E-state index in [0.29, 0.717) is 5.78 Å². The fraction of sp³-hybridized carbons (Fsp3) is 0.444. The monoisotopic (exact) mass is 354 g/mol. The van der Waals surface area contributed by atoms with Crippen LogP contribution in [-0.4, -0.2) is 16.8 Å². The predicted octanol–water partition coefficient (Wildman–Crippen LogP) is 4.35.